The highest BCUT2D eigenvalue weighted by Gasteiger charge is 2.20. The molecule has 3 aromatic rings. The zero-order valence-corrected chi connectivity index (χ0v) is 18.4. The summed E-state index contributed by atoms with van der Waals surface area (Å²) in [5.74, 6) is 0.616. The zero-order chi connectivity index (χ0) is 22.5. The number of ketones is 1. The maximum absolute atomic E-state index is 13.5. The summed E-state index contributed by atoms with van der Waals surface area (Å²) in [4.78, 5) is 21.2. The molecule has 4 rings (SSSR count). The van der Waals surface area contributed by atoms with Gasteiger partial charge < -0.3 is 14.8 Å². The summed E-state index contributed by atoms with van der Waals surface area (Å²) in [5.41, 5.74) is 1.98. The monoisotopic (exact) mass is 455 g/mol. The third-order valence-electron chi connectivity index (χ3n) is 5.09. The number of anilines is 2. The van der Waals surface area contributed by atoms with E-state index in [1.54, 1.807) is 12.1 Å². The fraction of sp³-hybridized carbons (Fsp3) is 0.292. The lowest BCUT2D eigenvalue weighted by molar-refractivity contribution is -0.114. The lowest BCUT2D eigenvalue weighted by atomic mass is 10.0. The normalized spacial score (nSPS) is 16.0. The van der Waals surface area contributed by atoms with Crippen molar-refractivity contribution in [3.05, 3.63) is 65.2 Å². The molecule has 2 heterocycles. The van der Waals surface area contributed by atoms with Gasteiger partial charge in [0, 0.05) is 35.5 Å². The third kappa shape index (κ3) is 5.23. The summed E-state index contributed by atoms with van der Waals surface area (Å²) in [7, 11) is 0. The number of rotatable bonds is 8. The van der Waals surface area contributed by atoms with Gasteiger partial charge in [0.2, 0.25) is 0 Å². The first kappa shape index (κ1) is 22.2. The molecule has 1 fully saturated rings. The van der Waals surface area contributed by atoms with Crippen LogP contribution >= 0.6 is 11.6 Å². The number of ether oxygens (including phenoxy) is 2. The van der Waals surface area contributed by atoms with Gasteiger partial charge in [-0.2, -0.15) is 0 Å². The Balaban J connectivity index is 1.72. The molecule has 1 atom stereocenters. The van der Waals surface area contributed by atoms with Gasteiger partial charge in [-0.05, 0) is 36.8 Å². The van der Waals surface area contributed by atoms with Gasteiger partial charge in [0.1, 0.15) is 29.8 Å². The largest absolute Gasteiger partial charge is 0.488 e. The summed E-state index contributed by atoms with van der Waals surface area (Å²) in [6.45, 7) is 3.15. The van der Waals surface area contributed by atoms with Gasteiger partial charge in [0.15, 0.2) is 5.78 Å². The van der Waals surface area contributed by atoms with Gasteiger partial charge in [0.25, 0.3) is 0 Å². The van der Waals surface area contributed by atoms with Crippen LogP contribution in [0.25, 0.3) is 10.9 Å². The Labute approximate surface area is 190 Å². The van der Waals surface area contributed by atoms with Crippen LogP contribution < -0.4 is 10.1 Å². The van der Waals surface area contributed by atoms with Crippen molar-refractivity contribution in [1.82, 2.24) is 9.97 Å². The molecule has 0 aliphatic carbocycles. The maximum atomic E-state index is 13.5. The Morgan fingerprint density at radius 3 is 2.97 bits per heavy atom. The van der Waals surface area contributed by atoms with E-state index in [9.17, 15) is 9.18 Å². The SMILES string of the molecule is CC/C=C/C(=O)Cc1cc2c(Nc3ccc(F)c(Cl)c3)ncnc2cc1O[C@H]1CCOC1. The van der Waals surface area contributed by atoms with Gasteiger partial charge in [-0.15, -0.1) is 0 Å². The summed E-state index contributed by atoms with van der Waals surface area (Å²) in [6.07, 6.45) is 6.57. The van der Waals surface area contributed by atoms with E-state index in [1.165, 1.54) is 18.5 Å². The van der Waals surface area contributed by atoms with Crippen LogP contribution in [-0.4, -0.2) is 35.1 Å². The number of allylic oxidation sites excluding steroid dienone is 2. The molecule has 0 amide bonds. The number of aromatic nitrogens is 2. The van der Waals surface area contributed by atoms with E-state index in [1.807, 2.05) is 25.1 Å². The fourth-order valence-corrected chi connectivity index (χ4v) is 3.65. The molecule has 0 unspecified atom stereocenters. The average Bonchev–Trinajstić information content (AvgIpc) is 3.29. The van der Waals surface area contributed by atoms with Crippen molar-refractivity contribution < 1.29 is 18.7 Å². The number of nitrogens with zero attached hydrogens (tertiary/aromatic N) is 2. The first-order chi connectivity index (χ1) is 15.5. The minimum absolute atomic E-state index is 0.0110. The Kier molecular flexibility index (Phi) is 6.97. The molecule has 0 radical (unpaired) electrons. The maximum Gasteiger partial charge on any atom is 0.159 e. The van der Waals surface area contributed by atoms with E-state index in [2.05, 4.69) is 15.3 Å². The third-order valence-corrected chi connectivity index (χ3v) is 5.38. The average molecular weight is 456 g/mol. The second-order valence-corrected chi connectivity index (χ2v) is 7.92. The number of halogens is 2. The van der Waals surface area contributed by atoms with Crippen molar-refractivity contribution in [3.8, 4) is 5.75 Å². The lowest BCUT2D eigenvalue weighted by Gasteiger charge is -2.17. The van der Waals surface area contributed by atoms with Gasteiger partial charge >= 0.3 is 0 Å². The highest BCUT2D eigenvalue weighted by molar-refractivity contribution is 6.31. The predicted octanol–water partition coefficient (Wildman–Crippen LogP) is 5.41. The topological polar surface area (TPSA) is 73.3 Å². The van der Waals surface area contributed by atoms with Crippen LogP contribution in [0.5, 0.6) is 5.75 Å². The van der Waals surface area contributed by atoms with Gasteiger partial charge in [-0.3, -0.25) is 4.79 Å². The van der Waals surface area contributed by atoms with Gasteiger partial charge in [0.05, 0.1) is 23.8 Å². The summed E-state index contributed by atoms with van der Waals surface area (Å²) < 4.78 is 25.1. The van der Waals surface area contributed by atoms with Crippen LogP contribution in [0.15, 0.2) is 48.8 Å². The first-order valence-corrected chi connectivity index (χ1v) is 10.8. The molecular formula is C24H23ClFN3O3. The summed E-state index contributed by atoms with van der Waals surface area (Å²) in [6, 6.07) is 8.04. The number of fused-ring (bicyclic) bond motifs is 1. The Morgan fingerprint density at radius 1 is 1.34 bits per heavy atom. The van der Waals surface area contributed by atoms with E-state index >= 15 is 0 Å². The molecule has 1 aliphatic rings. The molecule has 1 saturated heterocycles. The molecule has 1 aromatic heterocycles. The minimum atomic E-state index is -0.497. The summed E-state index contributed by atoms with van der Waals surface area (Å²) in [5, 5.41) is 3.88. The van der Waals surface area contributed by atoms with Crippen molar-refractivity contribution in [2.24, 2.45) is 0 Å². The van der Waals surface area contributed by atoms with E-state index in [0.717, 1.165) is 18.4 Å². The second kappa shape index (κ2) is 10.1. The highest BCUT2D eigenvalue weighted by atomic mass is 35.5. The molecule has 0 bridgehead atoms. The molecule has 1 N–H and O–H groups in total. The number of benzene rings is 2. The number of carbonyl (C=O) groups excluding carboxylic acids is 1. The zero-order valence-electron chi connectivity index (χ0n) is 17.6. The van der Waals surface area contributed by atoms with Crippen molar-refractivity contribution in [1.29, 1.82) is 0 Å². The number of carbonyl (C=O) groups is 1. The van der Waals surface area contributed by atoms with Gasteiger partial charge in [-0.25, -0.2) is 14.4 Å². The van der Waals surface area contributed by atoms with E-state index in [-0.39, 0.29) is 23.3 Å². The molecular weight excluding hydrogens is 433 g/mol. The molecule has 166 valence electrons. The van der Waals surface area contributed by atoms with Crippen LogP contribution in [0.4, 0.5) is 15.9 Å². The molecule has 8 heteroatoms. The predicted molar refractivity (Wildman–Crippen MR) is 122 cm³/mol. The van der Waals surface area contributed by atoms with Crippen molar-refractivity contribution in [3.63, 3.8) is 0 Å². The van der Waals surface area contributed by atoms with Crippen molar-refractivity contribution >= 4 is 39.8 Å². The van der Waals surface area contributed by atoms with Crippen molar-refractivity contribution in [2.75, 3.05) is 18.5 Å². The fourth-order valence-electron chi connectivity index (χ4n) is 3.47. The molecule has 1 aliphatic heterocycles. The molecule has 0 spiro atoms. The van der Waals surface area contributed by atoms with Gasteiger partial charge in [-0.1, -0.05) is 24.6 Å². The first-order valence-electron chi connectivity index (χ1n) is 10.5. The van der Waals surface area contributed by atoms with Crippen LogP contribution in [0.2, 0.25) is 5.02 Å². The Morgan fingerprint density at radius 2 is 2.22 bits per heavy atom. The number of hydrogen-bond acceptors (Lipinski definition) is 6. The minimum Gasteiger partial charge on any atom is -0.488 e. The second-order valence-electron chi connectivity index (χ2n) is 7.51. The Hall–Kier alpha value is -3.03. The Bertz CT molecular complexity index is 1160. The number of hydrogen-bond donors (Lipinski definition) is 1. The number of nitrogens with one attached hydrogen (secondary N) is 1. The van der Waals surface area contributed by atoms with Crippen LogP contribution in [0.1, 0.15) is 25.3 Å². The summed E-state index contributed by atoms with van der Waals surface area (Å²) >= 11 is 5.91. The van der Waals surface area contributed by atoms with Crippen molar-refractivity contribution in [2.45, 2.75) is 32.3 Å². The van der Waals surface area contributed by atoms with E-state index in [4.69, 9.17) is 21.1 Å². The standard InChI is InChI=1S/C24H23ClFN3O3/c1-2-3-4-17(30)9-15-10-19-22(12-23(15)32-18-7-8-31-13-18)27-14-28-24(19)29-16-5-6-21(26)20(25)11-16/h3-6,10-12,14,18H,2,7-9,13H2,1H3,(H,27,28,29)/b4-3+/t18-/m0/s1. The van der Waals surface area contributed by atoms with Crippen LogP contribution in [0, 0.1) is 5.82 Å². The van der Waals surface area contributed by atoms with Crippen LogP contribution in [-0.2, 0) is 16.0 Å². The molecule has 6 nitrogen and oxygen atoms in total. The smallest absolute Gasteiger partial charge is 0.159 e. The van der Waals surface area contributed by atoms with E-state index in [0.29, 0.717) is 41.4 Å². The highest BCUT2D eigenvalue weighted by Crippen LogP contribution is 2.32. The lowest BCUT2D eigenvalue weighted by Crippen LogP contribution is -2.17. The van der Waals surface area contributed by atoms with Crippen LogP contribution in [0.3, 0.4) is 0 Å². The molecule has 0 saturated carbocycles. The quantitative estimate of drug-likeness (QED) is 0.458. The molecule has 2 aromatic carbocycles. The van der Waals surface area contributed by atoms with E-state index < -0.39 is 5.82 Å². The molecule has 32 heavy (non-hydrogen) atoms.